The van der Waals surface area contributed by atoms with Crippen LogP contribution < -0.4 is 5.32 Å². The van der Waals surface area contributed by atoms with Crippen LogP contribution in [0.1, 0.15) is 271 Å². The van der Waals surface area contributed by atoms with Crippen LogP contribution in [0.15, 0.2) is 12.2 Å². The molecule has 17 atom stereocenters. The van der Waals surface area contributed by atoms with Crippen LogP contribution in [0.25, 0.3) is 0 Å². The molecule has 0 aromatic carbocycles. The lowest BCUT2D eigenvalue weighted by Gasteiger charge is -2.48. The van der Waals surface area contributed by atoms with Crippen LogP contribution >= 0.6 is 0 Å². The fourth-order valence-electron chi connectivity index (χ4n) is 12.0. The second-order valence-corrected chi connectivity index (χ2v) is 25.0. The highest BCUT2D eigenvalue weighted by Gasteiger charge is 2.53. The minimum Gasteiger partial charge on any atom is -0.394 e. The van der Waals surface area contributed by atoms with Gasteiger partial charge >= 0.3 is 0 Å². The molecule has 0 radical (unpaired) electrons. The van der Waals surface area contributed by atoms with Crippen molar-refractivity contribution in [3.63, 3.8) is 0 Å². The van der Waals surface area contributed by atoms with Crippen molar-refractivity contribution in [2.24, 2.45) is 0 Å². The molecule has 17 unspecified atom stereocenters. The Morgan fingerprint density at radius 3 is 1.11 bits per heavy atom. The Bertz CT molecular complexity index is 1600. The van der Waals surface area contributed by atoms with Gasteiger partial charge in [0.15, 0.2) is 18.9 Å². The van der Waals surface area contributed by atoms with Crippen molar-refractivity contribution in [3.05, 3.63) is 12.2 Å². The van der Waals surface area contributed by atoms with E-state index in [1.54, 1.807) is 6.08 Å². The molecule has 3 saturated heterocycles. The van der Waals surface area contributed by atoms with Gasteiger partial charge in [0.1, 0.15) is 73.2 Å². The molecule has 3 fully saturated rings. The third-order valence-electron chi connectivity index (χ3n) is 17.6. The Balaban J connectivity index is 1.37. The molecule has 0 aromatic rings. The van der Waals surface area contributed by atoms with Crippen molar-refractivity contribution >= 4 is 5.91 Å². The first-order valence-electron chi connectivity index (χ1n) is 34.4. The topological polar surface area (TPSA) is 307 Å². The van der Waals surface area contributed by atoms with E-state index in [9.17, 15) is 61.0 Å². The van der Waals surface area contributed by atoms with E-state index in [-0.39, 0.29) is 18.9 Å². The highest BCUT2D eigenvalue weighted by atomic mass is 16.8. The van der Waals surface area contributed by atoms with Gasteiger partial charge in [-0.25, -0.2) is 0 Å². The van der Waals surface area contributed by atoms with E-state index in [1.807, 2.05) is 6.08 Å². The third kappa shape index (κ3) is 31.9. The van der Waals surface area contributed by atoms with Crippen LogP contribution in [0.5, 0.6) is 0 Å². The smallest absolute Gasteiger partial charge is 0.220 e. The molecular weight excluding hydrogens is 1090 g/mol. The summed E-state index contributed by atoms with van der Waals surface area (Å²) >= 11 is 0. The summed E-state index contributed by atoms with van der Waals surface area (Å²) in [5, 5.41) is 120. The van der Waals surface area contributed by atoms with Crippen LogP contribution in [-0.4, -0.2) is 193 Å². The Labute approximate surface area is 512 Å². The van der Waals surface area contributed by atoms with Crippen LogP contribution in [0.3, 0.4) is 0 Å². The molecule has 3 heterocycles. The summed E-state index contributed by atoms with van der Waals surface area (Å²) in [7, 11) is 0. The average Bonchev–Trinajstić information content (AvgIpc) is 2.67. The summed E-state index contributed by atoms with van der Waals surface area (Å²) in [6, 6.07) is -0.967. The summed E-state index contributed by atoms with van der Waals surface area (Å²) in [5.74, 6) is -0.275. The molecule has 1 amide bonds. The number of hydrogen-bond acceptors (Lipinski definition) is 18. The van der Waals surface area contributed by atoms with Crippen molar-refractivity contribution in [1.82, 2.24) is 5.32 Å². The molecule has 3 aliphatic heterocycles. The van der Waals surface area contributed by atoms with Gasteiger partial charge in [-0.2, -0.15) is 0 Å². The SMILES string of the molecule is CCCCCCCCCCCCCCCCCCCCCCCCCCCCCC/C=C/C(O)C(COC1OC(CO)C(OC2OC(CO)C(OC3OC(CO)C(O)C(O)C3O)C(O)C2O)C(O)C1O)NC(=O)CCCCCCCCCCCC. The van der Waals surface area contributed by atoms with Crippen LogP contribution in [0.2, 0.25) is 0 Å². The average molecular weight is 1220 g/mol. The van der Waals surface area contributed by atoms with E-state index >= 15 is 0 Å². The maximum absolute atomic E-state index is 13.3. The predicted molar refractivity (Wildman–Crippen MR) is 328 cm³/mol. The number of rotatable bonds is 53. The Hall–Kier alpha value is -1.47. The molecule has 85 heavy (non-hydrogen) atoms. The summed E-state index contributed by atoms with van der Waals surface area (Å²) < 4.78 is 34.3. The van der Waals surface area contributed by atoms with E-state index in [0.29, 0.717) is 6.42 Å². The van der Waals surface area contributed by atoms with E-state index < -0.39 is 124 Å². The number of aliphatic hydroxyl groups is 11. The molecule has 3 rings (SSSR count). The fraction of sp³-hybridized carbons (Fsp3) is 0.955. The van der Waals surface area contributed by atoms with Gasteiger partial charge < -0.3 is 89.9 Å². The minimum absolute atomic E-state index is 0.248. The van der Waals surface area contributed by atoms with E-state index in [2.05, 4.69) is 19.2 Å². The first kappa shape index (κ1) is 77.8. The number of aliphatic hydroxyl groups excluding tert-OH is 11. The number of unbranched alkanes of at least 4 members (excludes halogenated alkanes) is 37. The molecule has 19 heteroatoms. The first-order chi connectivity index (χ1) is 41.3. The number of carbonyl (C=O) groups excluding carboxylic acids is 1. The van der Waals surface area contributed by atoms with Crippen molar-refractivity contribution in [1.29, 1.82) is 0 Å². The molecule has 0 aliphatic carbocycles. The summed E-state index contributed by atoms with van der Waals surface area (Å²) in [6.45, 7) is 1.73. The van der Waals surface area contributed by atoms with Crippen molar-refractivity contribution in [3.8, 4) is 0 Å². The van der Waals surface area contributed by atoms with Crippen LogP contribution in [-0.2, 0) is 33.2 Å². The fourth-order valence-corrected chi connectivity index (χ4v) is 12.0. The van der Waals surface area contributed by atoms with E-state index in [0.717, 1.165) is 44.9 Å². The number of nitrogens with one attached hydrogen (secondary N) is 1. The second-order valence-electron chi connectivity index (χ2n) is 25.0. The second kappa shape index (κ2) is 49.3. The zero-order chi connectivity index (χ0) is 61.9. The number of ether oxygens (including phenoxy) is 6. The maximum Gasteiger partial charge on any atom is 0.220 e. The zero-order valence-corrected chi connectivity index (χ0v) is 52.9. The lowest BCUT2D eigenvalue weighted by molar-refractivity contribution is -0.379. The minimum atomic E-state index is -1.97. The van der Waals surface area contributed by atoms with Gasteiger partial charge in [0.25, 0.3) is 0 Å². The maximum atomic E-state index is 13.3. The van der Waals surface area contributed by atoms with E-state index in [4.69, 9.17) is 28.4 Å². The van der Waals surface area contributed by atoms with Gasteiger partial charge in [0.05, 0.1) is 38.6 Å². The number of amides is 1. The molecule has 0 aromatic heterocycles. The normalized spacial score (nSPS) is 29.0. The highest BCUT2D eigenvalue weighted by Crippen LogP contribution is 2.33. The Morgan fingerprint density at radius 1 is 0.412 bits per heavy atom. The Kier molecular flexibility index (Phi) is 45.1. The van der Waals surface area contributed by atoms with Gasteiger partial charge in [-0.3, -0.25) is 4.79 Å². The van der Waals surface area contributed by atoms with Crippen LogP contribution in [0, 0.1) is 0 Å². The Morgan fingerprint density at radius 2 is 0.729 bits per heavy atom. The molecule has 0 saturated carbocycles. The predicted octanol–water partition coefficient (Wildman–Crippen LogP) is 8.50. The molecule has 3 aliphatic rings. The van der Waals surface area contributed by atoms with Crippen molar-refractivity contribution < 1.29 is 89.4 Å². The van der Waals surface area contributed by atoms with Gasteiger partial charge in [0, 0.05) is 6.42 Å². The zero-order valence-electron chi connectivity index (χ0n) is 52.9. The van der Waals surface area contributed by atoms with Gasteiger partial charge in [0.2, 0.25) is 5.91 Å². The quantitative estimate of drug-likeness (QED) is 0.0201. The van der Waals surface area contributed by atoms with E-state index in [1.165, 1.54) is 199 Å². The van der Waals surface area contributed by atoms with Gasteiger partial charge in [-0.1, -0.05) is 257 Å². The lowest BCUT2D eigenvalue weighted by Crippen LogP contribution is -2.66. The van der Waals surface area contributed by atoms with Gasteiger partial charge in [-0.15, -0.1) is 0 Å². The summed E-state index contributed by atoms with van der Waals surface area (Å²) in [4.78, 5) is 13.3. The first-order valence-corrected chi connectivity index (χ1v) is 34.4. The summed E-state index contributed by atoms with van der Waals surface area (Å²) in [5.41, 5.74) is 0. The van der Waals surface area contributed by atoms with Gasteiger partial charge in [-0.05, 0) is 19.3 Å². The summed E-state index contributed by atoms with van der Waals surface area (Å²) in [6.07, 6.45) is 26.6. The number of allylic oxidation sites excluding steroid dienone is 1. The molecule has 0 spiro atoms. The van der Waals surface area contributed by atoms with Crippen molar-refractivity contribution in [2.75, 3.05) is 26.4 Å². The molecule has 19 nitrogen and oxygen atoms in total. The highest BCUT2D eigenvalue weighted by molar-refractivity contribution is 5.76. The molecular formula is C66H125NO18. The molecule has 502 valence electrons. The third-order valence-corrected chi connectivity index (χ3v) is 17.6. The molecule has 0 bridgehead atoms. The standard InChI is InChI=1S/C66H125NO18/c1-3-5-7-9-11-13-15-16-17-18-19-20-21-22-23-24-25-26-27-28-29-30-31-32-33-34-35-37-39-41-43-50(71)49(67-54(72)44-42-40-38-36-14-12-10-8-6-4-2)48-80-64-60(78)57(75)62(52(46-69)82-64)85-66-61(79)58(76)63(53(47-70)83-66)84-65-59(77)56(74)55(73)51(45-68)81-65/h41,43,49-53,55-66,68-71,73-79H,3-40,42,44-48H2,1-2H3,(H,67,72)/b43-41+. The lowest BCUT2D eigenvalue weighted by atomic mass is 9.96. The number of hydrogen-bond donors (Lipinski definition) is 12. The van der Waals surface area contributed by atoms with Crippen molar-refractivity contribution in [2.45, 2.75) is 375 Å². The molecule has 12 N–H and O–H groups in total. The largest absolute Gasteiger partial charge is 0.394 e. The number of carbonyl (C=O) groups is 1. The van der Waals surface area contributed by atoms with Crippen LogP contribution in [0.4, 0.5) is 0 Å². The monoisotopic (exact) mass is 1220 g/mol.